The van der Waals surface area contributed by atoms with Gasteiger partial charge in [-0.1, -0.05) is 18.2 Å². The molecular weight excluding hydrogens is 339 g/mol. The van der Waals surface area contributed by atoms with Crippen LogP contribution in [-0.2, 0) is 11.3 Å². The number of nitrogens with zero attached hydrogens (tertiary/aromatic N) is 2. The molecule has 0 spiro atoms. The molecule has 0 radical (unpaired) electrons. The highest BCUT2D eigenvalue weighted by Crippen LogP contribution is 2.19. The van der Waals surface area contributed by atoms with Gasteiger partial charge in [-0.05, 0) is 31.0 Å². The van der Waals surface area contributed by atoms with E-state index in [1.807, 2.05) is 0 Å². The molecule has 136 valence electrons. The molecule has 1 aliphatic rings. The van der Waals surface area contributed by atoms with Crippen molar-refractivity contribution in [2.45, 2.75) is 25.6 Å². The molecule has 1 atom stereocenters. The van der Waals surface area contributed by atoms with Crippen molar-refractivity contribution in [1.29, 1.82) is 0 Å². The highest BCUT2D eigenvalue weighted by atomic mass is 19.1. The fourth-order valence-electron chi connectivity index (χ4n) is 2.99. The van der Waals surface area contributed by atoms with Gasteiger partial charge in [-0.15, -0.1) is 0 Å². The van der Waals surface area contributed by atoms with Gasteiger partial charge in [0, 0.05) is 36.3 Å². The number of hydrogen-bond acceptors (Lipinski definition) is 4. The first-order valence-electron chi connectivity index (χ1n) is 8.43. The first-order chi connectivity index (χ1) is 12.5. The first-order valence-corrected chi connectivity index (χ1v) is 8.43. The van der Waals surface area contributed by atoms with Crippen molar-refractivity contribution in [3.05, 3.63) is 75.6 Å². The number of nitro groups is 1. The lowest BCUT2D eigenvalue weighted by Gasteiger charge is -2.32. The zero-order valence-corrected chi connectivity index (χ0v) is 14.1. The lowest BCUT2D eigenvalue weighted by molar-refractivity contribution is -0.384. The van der Waals surface area contributed by atoms with E-state index < -0.39 is 4.92 Å². The molecular formula is C19H19FN2O4. The second-order valence-electron chi connectivity index (χ2n) is 6.22. The fourth-order valence-corrected chi connectivity index (χ4v) is 2.99. The van der Waals surface area contributed by atoms with Crippen LogP contribution in [-0.4, -0.2) is 34.9 Å². The van der Waals surface area contributed by atoms with Gasteiger partial charge in [0.15, 0.2) is 0 Å². The summed E-state index contributed by atoms with van der Waals surface area (Å²) in [6.07, 6.45) is 1.43. The average Bonchev–Trinajstić information content (AvgIpc) is 2.67. The molecule has 26 heavy (non-hydrogen) atoms. The van der Waals surface area contributed by atoms with Crippen molar-refractivity contribution in [3.8, 4) is 0 Å². The SMILES string of the molecule is O=C(c1ccc([N+](=O)[O-])cc1)N1CCCC(OCc2ccccc2F)C1. The summed E-state index contributed by atoms with van der Waals surface area (Å²) in [5.74, 6) is -0.485. The van der Waals surface area contributed by atoms with Gasteiger partial charge in [0.2, 0.25) is 0 Å². The number of nitro benzene ring substituents is 1. The van der Waals surface area contributed by atoms with Crippen LogP contribution >= 0.6 is 0 Å². The van der Waals surface area contributed by atoms with Crippen LogP contribution in [0.5, 0.6) is 0 Å². The van der Waals surface area contributed by atoms with Crippen LogP contribution in [0, 0.1) is 15.9 Å². The van der Waals surface area contributed by atoms with E-state index in [-0.39, 0.29) is 30.1 Å². The highest BCUT2D eigenvalue weighted by Gasteiger charge is 2.25. The molecule has 1 fully saturated rings. The number of carbonyl (C=O) groups is 1. The van der Waals surface area contributed by atoms with E-state index in [1.165, 1.54) is 30.3 Å². The second kappa shape index (κ2) is 8.05. The first kappa shape index (κ1) is 18.0. The number of non-ortho nitro benzene ring substituents is 1. The van der Waals surface area contributed by atoms with Crippen molar-refractivity contribution >= 4 is 11.6 Å². The number of piperidine rings is 1. The van der Waals surface area contributed by atoms with Crippen LogP contribution in [0.3, 0.4) is 0 Å². The van der Waals surface area contributed by atoms with Crippen molar-refractivity contribution < 1.29 is 18.8 Å². The van der Waals surface area contributed by atoms with Gasteiger partial charge >= 0.3 is 0 Å². The number of hydrogen-bond donors (Lipinski definition) is 0. The summed E-state index contributed by atoms with van der Waals surface area (Å²) in [7, 11) is 0. The minimum Gasteiger partial charge on any atom is -0.372 e. The van der Waals surface area contributed by atoms with E-state index in [1.54, 1.807) is 23.1 Å². The predicted octanol–water partition coefficient (Wildman–Crippen LogP) is 3.56. The Kier molecular flexibility index (Phi) is 5.58. The molecule has 0 aliphatic carbocycles. The lowest BCUT2D eigenvalue weighted by Crippen LogP contribution is -2.43. The van der Waals surface area contributed by atoms with Gasteiger partial charge < -0.3 is 9.64 Å². The molecule has 7 heteroatoms. The van der Waals surface area contributed by atoms with Crippen molar-refractivity contribution in [2.24, 2.45) is 0 Å². The Morgan fingerprint density at radius 3 is 2.65 bits per heavy atom. The Morgan fingerprint density at radius 1 is 1.23 bits per heavy atom. The Hall–Kier alpha value is -2.80. The third-order valence-corrected chi connectivity index (χ3v) is 4.42. The quantitative estimate of drug-likeness (QED) is 0.605. The van der Waals surface area contributed by atoms with Crippen LogP contribution in [0.4, 0.5) is 10.1 Å². The van der Waals surface area contributed by atoms with E-state index in [4.69, 9.17) is 4.74 Å². The van der Waals surface area contributed by atoms with Crippen LogP contribution in [0.2, 0.25) is 0 Å². The number of amides is 1. The molecule has 6 nitrogen and oxygen atoms in total. The van der Waals surface area contributed by atoms with E-state index in [2.05, 4.69) is 0 Å². The number of carbonyl (C=O) groups excluding carboxylic acids is 1. The van der Waals surface area contributed by atoms with Crippen LogP contribution in [0.25, 0.3) is 0 Å². The minimum absolute atomic E-state index is 0.0497. The summed E-state index contributed by atoms with van der Waals surface area (Å²) in [4.78, 5) is 24.5. The topological polar surface area (TPSA) is 72.7 Å². The van der Waals surface area contributed by atoms with Crippen LogP contribution in [0.1, 0.15) is 28.8 Å². The molecule has 2 aromatic carbocycles. The molecule has 1 unspecified atom stereocenters. The number of halogens is 1. The maximum Gasteiger partial charge on any atom is 0.269 e. The molecule has 0 saturated carbocycles. The fraction of sp³-hybridized carbons (Fsp3) is 0.316. The van der Waals surface area contributed by atoms with E-state index >= 15 is 0 Å². The second-order valence-corrected chi connectivity index (χ2v) is 6.22. The van der Waals surface area contributed by atoms with Crippen molar-refractivity contribution in [2.75, 3.05) is 13.1 Å². The summed E-state index contributed by atoms with van der Waals surface area (Å²) >= 11 is 0. The highest BCUT2D eigenvalue weighted by molar-refractivity contribution is 5.94. The molecule has 0 N–H and O–H groups in total. The minimum atomic E-state index is -0.498. The molecule has 0 aromatic heterocycles. The summed E-state index contributed by atoms with van der Waals surface area (Å²) in [5.41, 5.74) is 0.850. The normalized spacial score (nSPS) is 17.1. The van der Waals surface area contributed by atoms with Crippen LogP contribution < -0.4 is 0 Å². The number of likely N-dealkylation sites (tertiary alicyclic amines) is 1. The number of benzene rings is 2. The molecule has 1 aliphatic heterocycles. The molecule has 1 saturated heterocycles. The van der Waals surface area contributed by atoms with Gasteiger partial charge in [0.25, 0.3) is 11.6 Å². The predicted molar refractivity (Wildman–Crippen MR) is 93.2 cm³/mol. The van der Waals surface area contributed by atoms with Crippen molar-refractivity contribution in [3.63, 3.8) is 0 Å². The molecule has 2 aromatic rings. The number of ether oxygens (including phenoxy) is 1. The molecule has 1 heterocycles. The Labute approximate surface area is 150 Å². The van der Waals surface area contributed by atoms with Gasteiger partial charge in [0.05, 0.1) is 17.6 Å². The Bertz CT molecular complexity index is 794. The summed E-state index contributed by atoms with van der Waals surface area (Å²) in [6.45, 7) is 1.19. The van der Waals surface area contributed by atoms with Gasteiger partial charge in [-0.2, -0.15) is 0 Å². The third kappa shape index (κ3) is 4.23. The summed E-state index contributed by atoms with van der Waals surface area (Å²) in [5, 5.41) is 10.7. The maximum absolute atomic E-state index is 13.7. The summed E-state index contributed by atoms with van der Waals surface area (Å²) in [6, 6.07) is 12.0. The van der Waals surface area contributed by atoms with Crippen LogP contribution in [0.15, 0.2) is 48.5 Å². The third-order valence-electron chi connectivity index (χ3n) is 4.42. The van der Waals surface area contributed by atoms with E-state index in [0.717, 1.165) is 12.8 Å². The monoisotopic (exact) mass is 358 g/mol. The largest absolute Gasteiger partial charge is 0.372 e. The summed E-state index contributed by atoms with van der Waals surface area (Å²) < 4.78 is 19.5. The number of rotatable bonds is 5. The maximum atomic E-state index is 13.7. The lowest BCUT2D eigenvalue weighted by atomic mass is 10.1. The van der Waals surface area contributed by atoms with E-state index in [0.29, 0.717) is 24.2 Å². The standard InChI is InChI=1S/C19H19FN2O4/c20-18-6-2-1-4-15(18)13-26-17-5-3-11-21(12-17)19(23)14-7-9-16(10-8-14)22(24)25/h1-2,4,6-10,17H,3,5,11-13H2. The van der Waals surface area contributed by atoms with E-state index in [9.17, 15) is 19.3 Å². The molecule has 1 amide bonds. The Morgan fingerprint density at radius 2 is 1.96 bits per heavy atom. The average molecular weight is 358 g/mol. The zero-order valence-electron chi connectivity index (χ0n) is 14.1. The Balaban J connectivity index is 1.59. The van der Waals surface area contributed by atoms with Crippen molar-refractivity contribution in [1.82, 2.24) is 4.90 Å². The van der Waals surface area contributed by atoms with Gasteiger partial charge in [0.1, 0.15) is 5.82 Å². The molecule has 3 rings (SSSR count). The molecule has 0 bridgehead atoms. The van der Waals surface area contributed by atoms with Gasteiger partial charge in [-0.25, -0.2) is 4.39 Å². The smallest absolute Gasteiger partial charge is 0.269 e. The van der Waals surface area contributed by atoms with Gasteiger partial charge in [-0.3, -0.25) is 14.9 Å². The zero-order chi connectivity index (χ0) is 18.5.